The fraction of sp³-hybridized carbons (Fsp3) is 0.471. The highest BCUT2D eigenvalue weighted by molar-refractivity contribution is 5.27. The quantitative estimate of drug-likeness (QED) is 0.848. The SMILES string of the molecule is COc1cnn(C(C)C)c1C(O)CCCc1ccccc1. The summed E-state index contributed by atoms with van der Waals surface area (Å²) in [5.74, 6) is 0.663. The van der Waals surface area contributed by atoms with Gasteiger partial charge >= 0.3 is 0 Å². The van der Waals surface area contributed by atoms with Crippen molar-refractivity contribution in [2.75, 3.05) is 7.11 Å². The first-order valence-electron chi connectivity index (χ1n) is 7.47. The summed E-state index contributed by atoms with van der Waals surface area (Å²) in [5, 5.41) is 14.8. The van der Waals surface area contributed by atoms with E-state index in [4.69, 9.17) is 4.74 Å². The normalized spacial score (nSPS) is 12.6. The zero-order valence-corrected chi connectivity index (χ0v) is 13.0. The summed E-state index contributed by atoms with van der Waals surface area (Å²) in [6, 6.07) is 10.5. The van der Waals surface area contributed by atoms with E-state index in [2.05, 4.69) is 17.2 Å². The lowest BCUT2D eigenvalue weighted by Gasteiger charge is -2.17. The molecule has 1 atom stereocenters. The van der Waals surface area contributed by atoms with Gasteiger partial charge in [-0.1, -0.05) is 30.3 Å². The molecule has 0 bridgehead atoms. The van der Waals surface area contributed by atoms with E-state index in [1.807, 2.05) is 36.7 Å². The van der Waals surface area contributed by atoms with Crippen molar-refractivity contribution in [3.8, 4) is 5.75 Å². The molecular weight excluding hydrogens is 264 g/mol. The molecule has 1 aromatic heterocycles. The second kappa shape index (κ2) is 7.27. The lowest BCUT2D eigenvalue weighted by atomic mass is 10.0. The Hall–Kier alpha value is -1.81. The van der Waals surface area contributed by atoms with Gasteiger partial charge in [0, 0.05) is 6.04 Å². The maximum atomic E-state index is 10.5. The molecule has 0 aliphatic rings. The maximum absolute atomic E-state index is 10.5. The van der Waals surface area contributed by atoms with Crippen LogP contribution in [0.25, 0.3) is 0 Å². The number of aliphatic hydroxyl groups excluding tert-OH is 1. The summed E-state index contributed by atoms with van der Waals surface area (Å²) >= 11 is 0. The molecule has 0 fully saturated rings. The molecule has 0 aliphatic carbocycles. The van der Waals surface area contributed by atoms with Crippen molar-refractivity contribution in [2.24, 2.45) is 0 Å². The van der Waals surface area contributed by atoms with E-state index in [1.165, 1.54) is 5.56 Å². The van der Waals surface area contributed by atoms with Crippen LogP contribution < -0.4 is 4.74 Å². The number of aryl methyl sites for hydroxylation is 1. The summed E-state index contributed by atoms with van der Waals surface area (Å²) in [4.78, 5) is 0. The average Bonchev–Trinajstić information content (AvgIpc) is 2.92. The minimum absolute atomic E-state index is 0.202. The number of aromatic nitrogens is 2. The van der Waals surface area contributed by atoms with Crippen molar-refractivity contribution >= 4 is 0 Å². The van der Waals surface area contributed by atoms with Gasteiger partial charge in [0.05, 0.1) is 19.4 Å². The Morgan fingerprint density at radius 3 is 2.57 bits per heavy atom. The summed E-state index contributed by atoms with van der Waals surface area (Å²) in [6.45, 7) is 4.10. The zero-order chi connectivity index (χ0) is 15.2. The third-order valence-corrected chi connectivity index (χ3v) is 3.61. The Labute approximate surface area is 126 Å². The largest absolute Gasteiger partial charge is 0.493 e. The van der Waals surface area contributed by atoms with Gasteiger partial charge in [-0.2, -0.15) is 5.10 Å². The van der Waals surface area contributed by atoms with Gasteiger partial charge in [-0.3, -0.25) is 4.68 Å². The van der Waals surface area contributed by atoms with Crippen molar-refractivity contribution in [3.63, 3.8) is 0 Å². The fourth-order valence-corrected chi connectivity index (χ4v) is 2.52. The van der Waals surface area contributed by atoms with Crippen LogP contribution in [0, 0.1) is 0 Å². The summed E-state index contributed by atoms with van der Waals surface area (Å²) in [6.07, 6.45) is 3.72. The first-order valence-corrected chi connectivity index (χ1v) is 7.47. The van der Waals surface area contributed by atoms with Crippen molar-refractivity contribution in [1.29, 1.82) is 0 Å². The Bertz CT molecular complexity index is 549. The number of rotatable bonds is 7. The first kappa shape index (κ1) is 15.6. The van der Waals surface area contributed by atoms with E-state index in [1.54, 1.807) is 13.3 Å². The van der Waals surface area contributed by atoms with Crippen LogP contribution in [-0.2, 0) is 6.42 Å². The Morgan fingerprint density at radius 2 is 1.95 bits per heavy atom. The van der Waals surface area contributed by atoms with Gasteiger partial charge in [0.1, 0.15) is 5.69 Å². The van der Waals surface area contributed by atoms with E-state index >= 15 is 0 Å². The van der Waals surface area contributed by atoms with Crippen LogP contribution in [0.3, 0.4) is 0 Å². The smallest absolute Gasteiger partial charge is 0.162 e. The van der Waals surface area contributed by atoms with E-state index in [0.29, 0.717) is 12.2 Å². The van der Waals surface area contributed by atoms with E-state index in [9.17, 15) is 5.11 Å². The topological polar surface area (TPSA) is 47.3 Å². The highest BCUT2D eigenvalue weighted by Crippen LogP contribution is 2.30. The Balaban J connectivity index is 2.00. The number of methoxy groups -OCH3 is 1. The molecule has 1 heterocycles. The van der Waals surface area contributed by atoms with Gasteiger partial charge in [-0.15, -0.1) is 0 Å². The number of aliphatic hydroxyl groups is 1. The molecular formula is C17H24N2O2. The molecule has 4 nitrogen and oxygen atoms in total. The molecule has 0 amide bonds. The van der Waals surface area contributed by atoms with Crippen LogP contribution in [-0.4, -0.2) is 22.0 Å². The van der Waals surface area contributed by atoms with Gasteiger partial charge in [-0.25, -0.2) is 0 Å². The molecule has 1 N–H and O–H groups in total. The number of nitrogens with zero attached hydrogens (tertiary/aromatic N) is 2. The van der Waals surface area contributed by atoms with Crippen LogP contribution in [0.2, 0.25) is 0 Å². The number of hydrogen-bond acceptors (Lipinski definition) is 3. The molecule has 0 spiro atoms. The third kappa shape index (κ3) is 3.85. The molecule has 0 radical (unpaired) electrons. The molecule has 1 unspecified atom stereocenters. The predicted molar refractivity (Wildman–Crippen MR) is 83.5 cm³/mol. The molecule has 0 saturated heterocycles. The average molecular weight is 288 g/mol. The fourth-order valence-electron chi connectivity index (χ4n) is 2.52. The summed E-state index contributed by atoms with van der Waals surface area (Å²) in [5.41, 5.74) is 2.08. The van der Waals surface area contributed by atoms with Gasteiger partial charge in [-0.05, 0) is 38.7 Å². The number of benzene rings is 1. The highest BCUT2D eigenvalue weighted by Gasteiger charge is 2.21. The minimum atomic E-state index is -0.548. The monoisotopic (exact) mass is 288 g/mol. The zero-order valence-electron chi connectivity index (χ0n) is 13.0. The van der Waals surface area contributed by atoms with Crippen molar-refractivity contribution in [3.05, 3.63) is 47.8 Å². The first-order chi connectivity index (χ1) is 10.1. The van der Waals surface area contributed by atoms with Crippen molar-refractivity contribution in [2.45, 2.75) is 45.3 Å². The van der Waals surface area contributed by atoms with E-state index in [0.717, 1.165) is 18.5 Å². The molecule has 0 saturated carbocycles. The van der Waals surface area contributed by atoms with Crippen LogP contribution in [0.4, 0.5) is 0 Å². The van der Waals surface area contributed by atoms with Crippen LogP contribution in [0.15, 0.2) is 36.5 Å². The molecule has 4 heteroatoms. The van der Waals surface area contributed by atoms with Crippen molar-refractivity contribution in [1.82, 2.24) is 9.78 Å². The molecule has 0 aliphatic heterocycles. The maximum Gasteiger partial charge on any atom is 0.162 e. The number of ether oxygens (including phenoxy) is 1. The van der Waals surface area contributed by atoms with Crippen LogP contribution in [0.1, 0.15) is 50.1 Å². The van der Waals surface area contributed by atoms with Gasteiger partial charge < -0.3 is 9.84 Å². The highest BCUT2D eigenvalue weighted by atomic mass is 16.5. The van der Waals surface area contributed by atoms with Gasteiger partial charge in [0.25, 0.3) is 0 Å². The van der Waals surface area contributed by atoms with Crippen molar-refractivity contribution < 1.29 is 9.84 Å². The standard InChI is InChI=1S/C17H24N2O2/c1-13(2)19-17(16(21-3)12-18-19)15(20)11-7-10-14-8-5-4-6-9-14/h4-6,8-9,12-13,15,20H,7,10-11H2,1-3H3. The van der Waals surface area contributed by atoms with Crippen LogP contribution in [0.5, 0.6) is 5.75 Å². The predicted octanol–water partition coefficient (Wildman–Crippen LogP) is 3.53. The molecule has 1 aromatic carbocycles. The lowest BCUT2D eigenvalue weighted by molar-refractivity contribution is 0.147. The number of hydrogen-bond donors (Lipinski definition) is 1. The molecule has 21 heavy (non-hydrogen) atoms. The Kier molecular flexibility index (Phi) is 5.39. The summed E-state index contributed by atoms with van der Waals surface area (Å²) < 4.78 is 7.16. The van der Waals surface area contributed by atoms with Crippen LogP contribution >= 0.6 is 0 Å². The lowest BCUT2D eigenvalue weighted by Crippen LogP contribution is -2.12. The second-order valence-corrected chi connectivity index (χ2v) is 5.53. The second-order valence-electron chi connectivity index (χ2n) is 5.53. The molecule has 114 valence electrons. The van der Waals surface area contributed by atoms with E-state index in [-0.39, 0.29) is 6.04 Å². The van der Waals surface area contributed by atoms with Gasteiger partial charge in [0.2, 0.25) is 0 Å². The third-order valence-electron chi connectivity index (χ3n) is 3.61. The van der Waals surface area contributed by atoms with E-state index < -0.39 is 6.10 Å². The molecule has 2 aromatic rings. The Morgan fingerprint density at radius 1 is 1.24 bits per heavy atom. The van der Waals surface area contributed by atoms with Gasteiger partial charge in [0.15, 0.2) is 5.75 Å². The minimum Gasteiger partial charge on any atom is -0.493 e. The molecule has 2 rings (SSSR count). The summed E-state index contributed by atoms with van der Waals surface area (Å²) in [7, 11) is 1.61.